The van der Waals surface area contributed by atoms with Gasteiger partial charge in [0.1, 0.15) is 17.5 Å². The number of carbonyl (C=O) groups is 1. The maximum absolute atomic E-state index is 15.5. The minimum Gasteiger partial charge on any atom is -0.366 e. The third kappa shape index (κ3) is 4.14. The number of fused-ring (bicyclic) bond motifs is 1. The van der Waals surface area contributed by atoms with Crippen LogP contribution in [0.3, 0.4) is 0 Å². The van der Waals surface area contributed by atoms with E-state index in [0.29, 0.717) is 24.9 Å². The largest absolute Gasteiger partial charge is 0.366 e. The van der Waals surface area contributed by atoms with E-state index in [1.54, 1.807) is 14.1 Å². The molecule has 3 aromatic rings. The van der Waals surface area contributed by atoms with Crippen molar-refractivity contribution in [3.05, 3.63) is 57.0 Å². The average Bonchev–Trinajstić information content (AvgIpc) is 2.78. The number of nitriles is 1. The second-order valence-electron chi connectivity index (χ2n) is 8.17. The van der Waals surface area contributed by atoms with E-state index in [9.17, 15) is 9.59 Å². The molecule has 170 valence electrons. The quantitative estimate of drug-likeness (QED) is 0.628. The zero-order valence-electron chi connectivity index (χ0n) is 18.0. The molecule has 4 rings (SSSR count). The van der Waals surface area contributed by atoms with Crippen molar-refractivity contribution in [1.29, 1.82) is 5.26 Å². The maximum atomic E-state index is 15.5. The van der Waals surface area contributed by atoms with Crippen molar-refractivity contribution in [1.82, 2.24) is 14.9 Å². The Bertz CT molecular complexity index is 1370. The first-order valence-electron chi connectivity index (χ1n) is 10.3. The Labute approximate surface area is 193 Å². The minimum absolute atomic E-state index is 0.0411. The number of carbonyl (C=O) groups excluding carboxylic acids is 1. The Balaban J connectivity index is 1.81. The number of amides is 1. The number of hydrogen-bond acceptors (Lipinski definition) is 5. The molecule has 0 aliphatic carbocycles. The molecular weight excluding hydrogens is 452 g/mol. The molecule has 10 heteroatoms. The minimum atomic E-state index is -0.978. The predicted octanol–water partition coefficient (Wildman–Crippen LogP) is 3.70. The molecule has 0 bridgehead atoms. The van der Waals surface area contributed by atoms with Crippen LogP contribution in [0.2, 0.25) is 5.02 Å². The number of H-pyrrole nitrogens is 1. The van der Waals surface area contributed by atoms with Crippen molar-refractivity contribution in [2.75, 3.05) is 32.1 Å². The van der Waals surface area contributed by atoms with Crippen LogP contribution in [0.25, 0.3) is 22.2 Å². The standard InChI is InChI=1S/C23H20ClF2N5O2/c1-30(2)23(33)12-4-3-5-31(11-12)22-16(25)7-18-20(21(22)26)19(32)8-17(29-18)14-6-13(9-27)28-10-15(14)24/h6-8,10,12H,3-5,11H2,1-2H3,(H,29,32). The van der Waals surface area contributed by atoms with Crippen molar-refractivity contribution < 1.29 is 13.6 Å². The SMILES string of the molecule is CN(C)C(=O)C1CCCN(c2c(F)cc3[nH]c(-c4cc(C#N)ncc4Cl)cc(=O)c3c2F)C1. The molecule has 1 aromatic carbocycles. The number of halogens is 3. The van der Waals surface area contributed by atoms with E-state index in [2.05, 4.69) is 9.97 Å². The Morgan fingerprint density at radius 3 is 2.79 bits per heavy atom. The number of benzene rings is 1. The van der Waals surface area contributed by atoms with Gasteiger partial charge in [-0.05, 0) is 18.9 Å². The van der Waals surface area contributed by atoms with Gasteiger partial charge in [-0.15, -0.1) is 0 Å². The first kappa shape index (κ1) is 22.7. The molecule has 0 spiro atoms. The summed E-state index contributed by atoms with van der Waals surface area (Å²) < 4.78 is 30.7. The van der Waals surface area contributed by atoms with Gasteiger partial charge in [-0.2, -0.15) is 5.26 Å². The van der Waals surface area contributed by atoms with Crippen molar-refractivity contribution in [3.8, 4) is 17.3 Å². The average molecular weight is 472 g/mol. The molecule has 1 aliphatic rings. The summed E-state index contributed by atoms with van der Waals surface area (Å²) >= 11 is 6.16. The fraction of sp³-hybridized carbons (Fsp3) is 0.304. The lowest BCUT2D eigenvalue weighted by Gasteiger charge is -2.35. The van der Waals surface area contributed by atoms with Crippen LogP contribution in [-0.4, -0.2) is 48.0 Å². The number of anilines is 1. The number of aromatic amines is 1. The van der Waals surface area contributed by atoms with E-state index in [-0.39, 0.29) is 51.4 Å². The lowest BCUT2D eigenvalue weighted by atomic mass is 9.96. The molecule has 7 nitrogen and oxygen atoms in total. The molecule has 2 aromatic heterocycles. The molecular formula is C23H20ClF2N5O2. The van der Waals surface area contributed by atoms with Crippen LogP contribution in [0.4, 0.5) is 14.5 Å². The zero-order chi connectivity index (χ0) is 23.9. The van der Waals surface area contributed by atoms with Crippen LogP contribution in [0, 0.1) is 28.9 Å². The molecule has 33 heavy (non-hydrogen) atoms. The lowest BCUT2D eigenvalue weighted by Crippen LogP contribution is -2.43. The van der Waals surface area contributed by atoms with Crippen LogP contribution in [0.1, 0.15) is 18.5 Å². The van der Waals surface area contributed by atoms with Crippen LogP contribution < -0.4 is 10.3 Å². The van der Waals surface area contributed by atoms with Gasteiger partial charge in [0, 0.05) is 51.1 Å². The van der Waals surface area contributed by atoms with Gasteiger partial charge in [-0.3, -0.25) is 9.59 Å². The topological polar surface area (TPSA) is 93.1 Å². The van der Waals surface area contributed by atoms with E-state index in [1.807, 2.05) is 6.07 Å². The number of nitrogens with one attached hydrogen (secondary N) is 1. The molecule has 1 aliphatic heterocycles. The lowest BCUT2D eigenvalue weighted by molar-refractivity contribution is -0.133. The van der Waals surface area contributed by atoms with Crippen molar-refractivity contribution in [2.24, 2.45) is 5.92 Å². The third-order valence-corrected chi connectivity index (χ3v) is 6.07. The predicted molar refractivity (Wildman–Crippen MR) is 121 cm³/mol. The number of pyridine rings is 2. The van der Waals surface area contributed by atoms with Gasteiger partial charge in [0.25, 0.3) is 0 Å². The number of hydrogen-bond donors (Lipinski definition) is 1. The monoisotopic (exact) mass is 471 g/mol. The highest BCUT2D eigenvalue weighted by Gasteiger charge is 2.31. The summed E-state index contributed by atoms with van der Waals surface area (Å²) in [6, 6.07) is 5.49. The maximum Gasteiger partial charge on any atom is 0.226 e. The van der Waals surface area contributed by atoms with E-state index in [4.69, 9.17) is 16.9 Å². The second-order valence-corrected chi connectivity index (χ2v) is 8.58. The van der Waals surface area contributed by atoms with Crippen LogP contribution in [0.15, 0.2) is 29.2 Å². The van der Waals surface area contributed by atoms with Gasteiger partial charge in [-0.1, -0.05) is 11.6 Å². The zero-order valence-corrected chi connectivity index (χ0v) is 18.7. The highest BCUT2D eigenvalue weighted by molar-refractivity contribution is 6.33. The van der Waals surface area contributed by atoms with Crippen molar-refractivity contribution >= 4 is 34.1 Å². The Kier molecular flexibility index (Phi) is 6.04. The summed E-state index contributed by atoms with van der Waals surface area (Å²) in [6.07, 6.45) is 2.49. The first-order chi connectivity index (χ1) is 15.7. The van der Waals surface area contributed by atoms with E-state index in [0.717, 1.165) is 12.1 Å². The fourth-order valence-corrected chi connectivity index (χ4v) is 4.43. The van der Waals surface area contributed by atoms with E-state index in [1.165, 1.54) is 22.1 Å². The molecule has 1 atom stereocenters. The molecule has 1 amide bonds. The van der Waals surface area contributed by atoms with Crippen LogP contribution in [-0.2, 0) is 4.79 Å². The molecule has 0 radical (unpaired) electrons. The Morgan fingerprint density at radius 2 is 2.09 bits per heavy atom. The van der Waals surface area contributed by atoms with E-state index >= 15 is 8.78 Å². The second kappa shape index (κ2) is 8.79. The van der Waals surface area contributed by atoms with Crippen LogP contribution in [0.5, 0.6) is 0 Å². The smallest absolute Gasteiger partial charge is 0.226 e. The number of aromatic nitrogens is 2. The fourth-order valence-electron chi connectivity index (χ4n) is 4.22. The highest BCUT2D eigenvalue weighted by atomic mass is 35.5. The Hall–Kier alpha value is -3.51. The molecule has 1 saturated heterocycles. The first-order valence-corrected chi connectivity index (χ1v) is 10.7. The molecule has 1 unspecified atom stereocenters. The number of piperidine rings is 1. The molecule has 3 heterocycles. The van der Waals surface area contributed by atoms with Crippen molar-refractivity contribution in [3.63, 3.8) is 0 Å². The third-order valence-electron chi connectivity index (χ3n) is 5.77. The summed E-state index contributed by atoms with van der Waals surface area (Å²) in [5.41, 5.74) is -0.422. The van der Waals surface area contributed by atoms with Crippen LogP contribution >= 0.6 is 11.6 Å². The van der Waals surface area contributed by atoms with E-state index < -0.39 is 17.1 Å². The molecule has 1 N–H and O–H groups in total. The van der Waals surface area contributed by atoms with Gasteiger partial charge in [0.2, 0.25) is 5.91 Å². The van der Waals surface area contributed by atoms with Crippen molar-refractivity contribution in [2.45, 2.75) is 12.8 Å². The summed E-state index contributed by atoms with van der Waals surface area (Å²) in [5, 5.41) is 8.96. The number of rotatable bonds is 3. The highest BCUT2D eigenvalue weighted by Crippen LogP contribution is 2.33. The Morgan fingerprint density at radius 1 is 1.33 bits per heavy atom. The summed E-state index contributed by atoms with van der Waals surface area (Å²) in [7, 11) is 3.29. The van der Waals surface area contributed by atoms with Gasteiger partial charge >= 0.3 is 0 Å². The molecule has 1 fully saturated rings. The normalized spacial score (nSPS) is 16.0. The number of nitrogens with zero attached hydrogens (tertiary/aromatic N) is 4. The summed E-state index contributed by atoms with van der Waals surface area (Å²) in [6.45, 7) is 0.534. The molecule has 0 saturated carbocycles. The summed E-state index contributed by atoms with van der Waals surface area (Å²) in [4.78, 5) is 34.9. The summed E-state index contributed by atoms with van der Waals surface area (Å²) in [5.74, 6) is -2.31. The van der Waals surface area contributed by atoms with Gasteiger partial charge in [0.15, 0.2) is 17.1 Å². The van der Waals surface area contributed by atoms with Gasteiger partial charge in [-0.25, -0.2) is 13.8 Å². The van der Waals surface area contributed by atoms with Gasteiger partial charge in [0.05, 0.1) is 27.5 Å². The van der Waals surface area contributed by atoms with Gasteiger partial charge < -0.3 is 14.8 Å².